The number of alkyl halides is 34. The van der Waals surface area contributed by atoms with Crippen molar-refractivity contribution in [2.45, 2.75) is 165 Å². The van der Waals surface area contributed by atoms with Gasteiger partial charge in [-0.2, -0.15) is 149 Å². The molecule has 1 aliphatic rings. The van der Waals surface area contributed by atoms with Gasteiger partial charge in [-0.05, 0) is 36.1 Å². The molecule has 0 unspecified atom stereocenters. The third-order valence-electron chi connectivity index (χ3n) is 11.7. The van der Waals surface area contributed by atoms with E-state index in [1.807, 2.05) is 0 Å². The molecular formula is C39H30F34O2Si. The van der Waals surface area contributed by atoms with Gasteiger partial charge in [-0.15, -0.1) is 0 Å². The van der Waals surface area contributed by atoms with Crippen LogP contribution in [0, 0.1) is 0 Å². The summed E-state index contributed by atoms with van der Waals surface area (Å²) in [7, 11) is -5.37. The molecule has 0 bridgehead atoms. The summed E-state index contributed by atoms with van der Waals surface area (Å²) >= 11 is 0. The zero-order valence-corrected chi connectivity index (χ0v) is 37.5. The largest absolute Gasteiger partial charge is 0.460 e. The Morgan fingerprint density at radius 2 is 0.592 bits per heavy atom. The van der Waals surface area contributed by atoms with Crippen molar-refractivity contribution in [3.63, 3.8) is 0 Å². The van der Waals surface area contributed by atoms with Crippen molar-refractivity contribution in [1.29, 1.82) is 0 Å². The first-order chi connectivity index (χ1) is 33.6. The molecule has 0 aliphatic heterocycles. The summed E-state index contributed by atoms with van der Waals surface area (Å²) in [6.45, 7) is 0. The topological polar surface area (TPSA) is 18.5 Å². The van der Waals surface area contributed by atoms with E-state index in [0.29, 0.717) is 6.42 Å². The Labute approximate surface area is 403 Å². The Balaban J connectivity index is 2.30. The smallest absolute Gasteiger partial charge is 0.385 e. The van der Waals surface area contributed by atoms with Crippen molar-refractivity contribution in [2.24, 2.45) is 0 Å². The van der Waals surface area contributed by atoms with Crippen LogP contribution in [0.15, 0.2) is 60.7 Å². The summed E-state index contributed by atoms with van der Waals surface area (Å²) in [6, 6.07) is 9.98. The van der Waals surface area contributed by atoms with Crippen LogP contribution in [-0.4, -0.2) is 116 Å². The molecule has 0 spiro atoms. The van der Waals surface area contributed by atoms with E-state index in [4.69, 9.17) is 8.85 Å². The number of rotatable bonds is 24. The number of hydrogen-bond donors (Lipinski definition) is 0. The van der Waals surface area contributed by atoms with Crippen LogP contribution in [0.2, 0.25) is 0 Å². The normalized spacial score (nSPS) is 17.2. The van der Waals surface area contributed by atoms with Crippen molar-refractivity contribution in [1.82, 2.24) is 0 Å². The van der Waals surface area contributed by atoms with Crippen molar-refractivity contribution in [3.05, 3.63) is 60.7 Å². The van der Waals surface area contributed by atoms with E-state index in [1.54, 1.807) is 0 Å². The second-order valence-electron chi connectivity index (χ2n) is 16.8. The first kappa shape index (κ1) is 66.5. The highest BCUT2D eigenvalue weighted by Gasteiger charge is 2.97. The molecule has 1 saturated carbocycles. The molecule has 0 aromatic heterocycles. The van der Waals surface area contributed by atoms with Gasteiger partial charge in [-0.3, -0.25) is 0 Å². The molecule has 0 radical (unpaired) electrons. The van der Waals surface area contributed by atoms with Crippen molar-refractivity contribution >= 4 is 18.9 Å². The molecule has 2 aromatic rings. The summed E-state index contributed by atoms with van der Waals surface area (Å²) in [5.41, 5.74) is 0. The van der Waals surface area contributed by atoms with Gasteiger partial charge in [0, 0.05) is 25.0 Å². The fourth-order valence-electron chi connectivity index (χ4n) is 7.09. The molecule has 2 nitrogen and oxygen atoms in total. The fourth-order valence-corrected chi connectivity index (χ4v) is 10.7. The molecule has 0 atom stereocenters. The van der Waals surface area contributed by atoms with Crippen LogP contribution in [0.1, 0.15) is 57.8 Å². The van der Waals surface area contributed by atoms with E-state index in [9.17, 15) is 114 Å². The highest BCUT2D eigenvalue weighted by Crippen LogP contribution is 2.66. The minimum Gasteiger partial charge on any atom is -0.385 e. The van der Waals surface area contributed by atoms with E-state index in [-0.39, 0.29) is 25.7 Å². The van der Waals surface area contributed by atoms with Gasteiger partial charge in [0.2, 0.25) is 0 Å². The maximum Gasteiger partial charge on any atom is 0.460 e. The first-order valence-corrected chi connectivity index (χ1v) is 22.3. The SMILES string of the molecule is FC(F)(F)C(F)(F)C(F)(F)C(F)(F)C(F)(F)C(F)(F)C(F)(F)C(F)(F)CCC(CCC(F)(F)C(F)(F)C(F)(F)C(F)(F)C(F)(F)C(F)(F)C(F)(F)C(F)(F)F)O[Si](OC1CCCCC1)(c1ccccc1)c1ccccc1. The lowest BCUT2D eigenvalue weighted by atomic mass is 9.86. The zero-order chi connectivity index (χ0) is 59.7. The van der Waals surface area contributed by atoms with Crippen LogP contribution < -0.4 is 10.4 Å². The maximum atomic E-state index is 15.4. The second-order valence-corrected chi connectivity index (χ2v) is 19.7. The summed E-state index contributed by atoms with van der Waals surface area (Å²) < 4.78 is 490. The Morgan fingerprint density at radius 1 is 0.342 bits per heavy atom. The molecule has 3 rings (SSSR count). The van der Waals surface area contributed by atoms with Crippen LogP contribution in [-0.2, 0) is 8.85 Å². The Morgan fingerprint density at radius 3 is 0.855 bits per heavy atom. The molecular weight excluding hydrogens is 1170 g/mol. The van der Waals surface area contributed by atoms with Gasteiger partial charge in [0.15, 0.2) is 0 Å². The Bertz CT molecular complexity index is 2090. The second kappa shape index (κ2) is 20.4. The third kappa shape index (κ3) is 10.4. The standard InChI is InChI=1S/C39H30F34O2Si/c40-24(41,26(44,45)28(48,49)30(52,53)32(56,57)34(60,61)36(64,65)38(68,69)70)18-16-21(75-76(22-12-6-2-7-13-22,23-14-8-3-9-15-23)74-20-10-4-1-5-11-20)17-19-25(42,43)27(46,47)29(50,51)31(54,55)33(58,59)35(62,63)37(66,67)39(71,72)73/h2-3,6-9,12-15,20-21H,1,4-5,10-11,16-19H2. The lowest BCUT2D eigenvalue weighted by molar-refractivity contribution is -0.462. The van der Waals surface area contributed by atoms with Crippen molar-refractivity contribution in [2.75, 3.05) is 0 Å². The third-order valence-corrected chi connectivity index (χ3v) is 15.2. The van der Waals surface area contributed by atoms with Crippen LogP contribution >= 0.6 is 0 Å². The molecule has 0 saturated heterocycles. The van der Waals surface area contributed by atoms with Crippen LogP contribution in [0.3, 0.4) is 0 Å². The van der Waals surface area contributed by atoms with E-state index >= 15 is 35.1 Å². The van der Waals surface area contributed by atoms with Gasteiger partial charge >= 0.3 is 104 Å². The fraction of sp³-hybridized carbons (Fsp3) is 0.692. The molecule has 0 amide bonds. The van der Waals surface area contributed by atoms with Crippen molar-refractivity contribution < 1.29 is 158 Å². The molecule has 440 valence electrons. The van der Waals surface area contributed by atoms with Gasteiger partial charge in [0.25, 0.3) is 0 Å². The monoisotopic (exact) mass is 1200 g/mol. The van der Waals surface area contributed by atoms with E-state index in [2.05, 4.69) is 0 Å². The van der Waals surface area contributed by atoms with Gasteiger partial charge in [-0.25, -0.2) is 0 Å². The molecule has 2 aromatic carbocycles. The average Bonchev–Trinajstić information content (AvgIpc) is 3.28. The molecule has 0 N–H and O–H groups in total. The quantitative estimate of drug-likeness (QED) is 0.0770. The summed E-state index contributed by atoms with van der Waals surface area (Å²) in [4.78, 5) is 0. The highest BCUT2D eigenvalue weighted by molar-refractivity contribution is 6.92. The van der Waals surface area contributed by atoms with Gasteiger partial charge in [0.05, 0.1) is 0 Å². The number of benzene rings is 2. The average molecular weight is 1200 g/mol. The zero-order valence-electron chi connectivity index (χ0n) is 36.5. The lowest BCUT2D eigenvalue weighted by Crippen LogP contribution is -2.74. The maximum absolute atomic E-state index is 15.4. The summed E-state index contributed by atoms with van der Waals surface area (Å²) in [5.74, 6) is -122. The van der Waals surface area contributed by atoms with E-state index in [0.717, 1.165) is 60.7 Å². The van der Waals surface area contributed by atoms with E-state index in [1.165, 1.54) is 0 Å². The molecule has 37 heteroatoms. The Hall–Kier alpha value is -3.80. The number of halogens is 34. The van der Waals surface area contributed by atoms with Gasteiger partial charge in [-0.1, -0.05) is 79.9 Å². The molecule has 0 heterocycles. The minimum absolute atomic E-state index is 0.0964. The van der Waals surface area contributed by atoms with Crippen LogP contribution in [0.5, 0.6) is 0 Å². The molecule has 76 heavy (non-hydrogen) atoms. The minimum atomic E-state index is -9.18. The summed E-state index contributed by atoms with van der Waals surface area (Å²) in [6.07, 6.45) is -33.2. The first-order valence-electron chi connectivity index (χ1n) is 20.5. The van der Waals surface area contributed by atoms with Gasteiger partial charge in [0.1, 0.15) is 0 Å². The predicted octanol–water partition coefficient (Wildman–Crippen LogP) is 15.6. The lowest BCUT2D eigenvalue weighted by Gasteiger charge is -2.43. The van der Waals surface area contributed by atoms with Crippen molar-refractivity contribution in [3.8, 4) is 0 Å². The molecule has 1 aliphatic carbocycles. The highest BCUT2D eigenvalue weighted by atomic mass is 28.4. The Kier molecular flexibility index (Phi) is 17.8. The van der Waals surface area contributed by atoms with Gasteiger partial charge < -0.3 is 8.85 Å². The predicted molar refractivity (Wildman–Crippen MR) is 191 cm³/mol. The molecule has 1 fully saturated rings. The van der Waals surface area contributed by atoms with Crippen LogP contribution in [0.4, 0.5) is 149 Å². The van der Waals surface area contributed by atoms with E-state index < -0.39 is 152 Å². The number of hydrogen-bond acceptors (Lipinski definition) is 2. The van der Waals surface area contributed by atoms with Crippen LogP contribution in [0.25, 0.3) is 0 Å². The summed E-state index contributed by atoms with van der Waals surface area (Å²) in [5, 5.41) is -0.943.